The molecule has 0 aliphatic rings. The Morgan fingerprint density at radius 3 is 2.30 bits per heavy atom. The van der Waals surface area contributed by atoms with Gasteiger partial charge in [0.25, 0.3) is 0 Å². The Hall–Kier alpha value is -1.97. The molecular weight excluding hydrogens is 248 g/mol. The molecule has 20 heavy (non-hydrogen) atoms. The van der Waals surface area contributed by atoms with E-state index in [0.717, 1.165) is 25.3 Å². The molecule has 1 N–H and O–H groups in total. The minimum atomic E-state index is 0.810. The fraction of sp³-hybridized carbons (Fsp3) is 0.438. The van der Waals surface area contributed by atoms with Crippen molar-refractivity contribution in [2.24, 2.45) is 7.05 Å². The van der Waals surface area contributed by atoms with Crippen molar-refractivity contribution in [1.82, 2.24) is 9.78 Å². The molecule has 0 fully saturated rings. The lowest BCUT2D eigenvalue weighted by atomic mass is 10.2. The Morgan fingerprint density at radius 2 is 1.80 bits per heavy atom. The number of rotatable bonds is 6. The van der Waals surface area contributed by atoms with Gasteiger partial charge in [-0.15, -0.1) is 0 Å². The molecule has 1 aromatic heterocycles. The zero-order chi connectivity index (χ0) is 14.5. The predicted molar refractivity (Wildman–Crippen MR) is 85.3 cm³/mol. The second-order valence-corrected chi connectivity index (χ2v) is 4.95. The maximum atomic E-state index is 4.26. The maximum Gasteiger partial charge on any atom is 0.0542 e. The Bertz CT molecular complexity index is 538. The van der Waals surface area contributed by atoms with Crippen LogP contribution in [-0.4, -0.2) is 22.9 Å². The van der Waals surface area contributed by atoms with Crippen LogP contribution in [0.5, 0.6) is 0 Å². The highest BCUT2D eigenvalue weighted by Crippen LogP contribution is 2.18. The van der Waals surface area contributed by atoms with Crippen LogP contribution in [0.3, 0.4) is 0 Å². The molecule has 1 aromatic carbocycles. The van der Waals surface area contributed by atoms with E-state index in [1.165, 1.54) is 16.9 Å². The molecule has 2 aromatic rings. The second-order valence-electron chi connectivity index (χ2n) is 4.95. The first-order chi connectivity index (χ1) is 9.65. The zero-order valence-corrected chi connectivity index (χ0v) is 12.8. The van der Waals surface area contributed by atoms with Crippen LogP contribution in [-0.2, 0) is 13.6 Å². The highest BCUT2D eigenvalue weighted by atomic mass is 15.3. The van der Waals surface area contributed by atoms with E-state index in [9.17, 15) is 0 Å². The zero-order valence-electron chi connectivity index (χ0n) is 12.8. The number of nitrogens with zero attached hydrogens (tertiary/aromatic N) is 3. The van der Waals surface area contributed by atoms with Gasteiger partial charge in [-0.3, -0.25) is 4.68 Å². The number of aryl methyl sites for hydroxylation is 1. The SMILES string of the molecule is CCN(CC)c1ccc(NCc2cnn(C)c2C)cc1. The molecule has 0 saturated heterocycles. The summed E-state index contributed by atoms with van der Waals surface area (Å²) in [4.78, 5) is 2.34. The first kappa shape index (κ1) is 14.4. The summed E-state index contributed by atoms with van der Waals surface area (Å²) in [6, 6.07) is 8.62. The summed E-state index contributed by atoms with van der Waals surface area (Å²) < 4.78 is 1.90. The standard InChI is InChI=1S/C16H24N4/c1-5-20(6-2)16-9-7-15(8-10-16)17-11-14-12-18-19(4)13(14)3/h7-10,12,17H,5-6,11H2,1-4H3. The van der Waals surface area contributed by atoms with E-state index in [-0.39, 0.29) is 0 Å². The molecule has 0 aliphatic heterocycles. The fourth-order valence-electron chi connectivity index (χ4n) is 2.29. The third kappa shape index (κ3) is 3.13. The molecule has 4 heteroatoms. The number of hydrogen-bond acceptors (Lipinski definition) is 3. The summed E-state index contributed by atoms with van der Waals surface area (Å²) in [5.41, 5.74) is 4.86. The van der Waals surface area contributed by atoms with Crippen molar-refractivity contribution >= 4 is 11.4 Å². The van der Waals surface area contributed by atoms with E-state index in [4.69, 9.17) is 0 Å². The smallest absolute Gasteiger partial charge is 0.0542 e. The first-order valence-electron chi connectivity index (χ1n) is 7.22. The van der Waals surface area contributed by atoms with Crippen molar-refractivity contribution in [2.45, 2.75) is 27.3 Å². The van der Waals surface area contributed by atoms with E-state index in [1.807, 2.05) is 17.9 Å². The molecule has 0 atom stereocenters. The van der Waals surface area contributed by atoms with Gasteiger partial charge in [0.05, 0.1) is 6.20 Å². The second kappa shape index (κ2) is 6.46. The van der Waals surface area contributed by atoms with Gasteiger partial charge in [0.1, 0.15) is 0 Å². The molecular formula is C16H24N4. The average Bonchev–Trinajstić information content (AvgIpc) is 2.79. The van der Waals surface area contributed by atoms with Crippen molar-refractivity contribution in [2.75, 3.05) is 23.3 Å². The summed E-state index contributed by atoms with van der Waals surface area (Å²) in [7, 11) is 1.97. The van der Waals surface area contributed by atoms with Gasteiger partial charge in [-0.2, -0.15) is 5.10 Å². The van der Waals surface area contributed by atoms with E-state index in [0.29, 0.717) is 0 Å². The fourth-order valence-corrected chi connectivity index (χ4v) is 2.29. The lowest BCUT2D eigenvalue weighted by molar-refractivity contribution is 0.738. The van der Waals surface area contributed by atoms with Gasteiger partial charge < -0.3 is 10.2 Å². The Balaban J connectivity index is 1.99. The van der Waals surface area contributed by atoms with Gasteiger partial charge in [-0.25, -0.2) is 0 Å². The Kier molecular flexibility index (Phi) is 4.66. The summed E-state index contributed by atoms with van der Waals surface area (Å²) in [5.74, 6) is 0. The van der Waals surface area contributed by atoms with Gasteiger partial charge in [0.2, 0.25) is 0 Å². The highest BCUT2D eigenvalue weighted by molar-refractivity contribution is 5.55. The summed E-state index contributed by atoms with van der Waals surface area (Å²) in [6.07, 6.45) is 1.92. The molecule has 0 spiro atoms. The Labute approximate surface area is 121 Å². The van der Waals surface area contributed by atoms with Crippen molar-refractivity contribution in [3.8, 4) is 0 Å². The summed E-state index contributed by atoms with van der Waals surface area (Å²) in [6.45, 7) is 9.34. The molecule has 0 aliphatic carbocycles. The lowest BCUT2D eigenvalue weighted by Crippen LogP contribution is -2.21. The number of nitrogens with one attached hydrogen (secondary N) is 1. The summed E-state index contributed by atoms with van der Waals surface area (Å²) >= 11 is 0. The monoisotopic (exact) mass is 272 g/mol. The molecule has 4 nitrogen and oxygen atoms in total. The maximum absolute atomic E-state index is 4.26. The number of aromatic nitrogens is 2. The van der Waals surface area contributed by atoms with Crippen molar-refractivity contribution in [1.29, 1.82) is 0 Å². The quantitative estimate of drug-likeness (QED) is 0.876. The van der Waals surface area contributed by atoms with Crippen LogP contribution >= 0.6 is 0 Å². The molecule has 0 amide bonds. The minimum Gasteiger partial charge on any atom is -0.381 e. The third-order valence-corrected chi connectivity index (χ3v) is 3.82. The number of anilines is 2. The first-order valence-corrected chi connectivity index (χ1v) is 7.22. The van der Waals surface area contributed by atoms with Crippen molar-refractivity contribution < 1.29 is 0 Å². The van der Waals surface area contributed by atoms with Crippen LogP contribution in [0, 0.1) is 6.92 Å². The molecule has 2 rings (SSSR count). The summed E-state index contributed by atoms with van der Waals surface area (Å²) in [5, 5.41) is 7.70. The van der Waals surface area contributed by atoms with Gasteiger partial charge in [0, 0.05) is 49.3 Å². The highest BCUT2D eigenvalue weighted by Gasteiger charge is 2.04. The number of hydrogen-bond donors (Lipinski definition) is 1. The van der Waals surface area contributed by atoms with Gasteiger partial charge >= 0.3 is 0 Å². The average molecular weight is 272 g/mol. The van der Waals surface area contributed by atoms with Crippen LogP contribution < -0.4 is 10.2 Å². The molecule has 108 valence electrons. The van der Waals surface area contributed by atoms with E-state index >= 15 is 0 Å². The van der Waals surface area contributed by atoms with Gasteiger partial charge in [-0.05, 0) is 45.0 Å². The van der Waals surface area contributed by atoms with Crippen LogP contribution in [0.15, 0.2) is 30.5 Å². The van der Waals surface area contributed by atoms with Crippen molar-refractivity contribution in [3.63, 3.8) is 0 Å². The van der Waals surface area contributed by atoms with Gasteiger partial charge in [-0.1, -0.05) is 0 Å². The number of benzene rings is 1. The topological polar surface area (TPSA) is 33.1 Å². The third-order valence-electron chi connectivity index (χ3n) is 3.82. The molecule has 1 heterocycles. The molecule has 0 unspecified atom stereocenters. The van der Waals surface area contributed by atoms with E-state index in [2.05, 4.69) is 60.4 Å². The normalized spacial score (nSPS) is 10.6. The molecule has 0 bridgehead atoms. The van der Waals surface area contributed by atoms with Gasteiger partial charge in [0.15, 0.2) is 0 Å². The predicted octanol–water partition coefficient (Wildman–Crippen LogP) is 3.19. The van der Waals surface area contributed by atoms with Crippen LogP contribution in [0.1, 0.15) is 25.1 Å². The largest absolute Gasteiger partial charge is 0.381 e. The van der Waals surface area contributed by atoms with Crippen LogP contribution in [0.4, 0.5) is 11.4 Å². The molecule has 0 radical (unpaired) electrons. The van der Waals surface area contributed by atoms with Crippen molar-refractivity contribution in [3.05, 3.63) is 41.7 Å². The lowest BCUT2D eigenvalue weighted by Gasteiger charge is -2.21. The molecule has 0 saturated carbocycles. The van der Waals surface area contributed by atoms with E-state index < -0.39 is 0 Å². The Morgan fingerprint density at radius 1 is 1.15 bits per heavy atom. The van der Waals surface area contributed by atoms with Crippen LogP contribution in [0.25, 0.3) is 0 Å². The van der Waals surface area contributed by atoms with Crippen LogP contribution in [0.2, 0.25) is 0 Å². The minimum absolute atomic E-state index is 0.810. The van der Waals surface area contributed by atoms with E-state index in [1.54, 1.807) is 0 Å².